The van der Waals surface area contributed by atoms with Gasteiger partial charge in [-0.25, -0.2) is 0 Å². The van der Waals surface area contributed by atoms with Crippen molar-refractivity contribution in [2.75, 3.05) is 0 Å². The molecule has 114 valence electrons. The van der Waals surface area contributed by atoms with E-state index in [9.17, 15) is 13.2 Å². The van der Waals surface area contributed by atoms with Gasteiger partial charge in [-0.1, -0.05) is 19.3 Å². The first-order chi connectivity index (χ1) is 9.95. The summed E-state index contributed by atoms with van der Waals surface area (Å²) in [5.41, 5.74) is -0.594. The molecule has 0 spiro atoms. The van der Waals surface area contributed by atoms with Crippen LogP contribution in [0.2, 0.25) is 0 Å². The molecule has 0 amide bonds. The van der Waals surface area contributed by atoms with Gasteiger partial charge in [0.25, 0.3) is 0 Å². The van der Waals surface area contributed by atoms with Crippen molar-refractivity contribution in [2.24, 2.45) is 5.92 Å². The van der Waals surface area contributed by atoms with E-state index in [1.165, 1.54) is 36.7 Å². The maximum absolute atomic E-state index is 12.7. The Labute approximate surface area is 130 Å². The van der Waals surface area contributed by atoms with Crippen LogP contribution in [-0.4, -0.2) is 0 Å². The largest absolute Gasteiger partial charge is 0.416 e. The van der Waals surface area contributed by atoms with E-state index < -0.39 is 11.7 Å². The lowest BCUT2D eigenvalue weighted by molar-refractivity contribution is -0.137. The Kier molecular flexibility index (Phi) is 4.19. The molecule has 1 unspecified atom stereocenters. The summed E-state index contributed by atoms with van der Waals surface area (Å²) in [5.74, 6) is 0.454. The Hall–Kier alpha value is -0.740. The van der Waals surface area contributed by atoms with Crippen molar-refractivity contribution in [2.45, 2.75) is 43.7 Å². The second-order valence-corrected chi connectivity index (χ2v) is 7.28. The number of halogens is 4. The van der Waals surface area contributed by atoms with Gasteiger partial charge in [-0.05, 0) is 48.4 Å². The Morgan fingerprint density at radius 2 is 1.81 bits per heavy atom. The van der Waals surface area contributed by atoms with E-state index in [1.54, 1.807) is 6.07 Å². The summed E-state index contributed by atoms with van der Waals surface area (Å²) in [5, 5.41) is 0.573. The molecular formula is C16H16ClF3S. The summed E-state index contributed by atoms with van der Waals surface area (Å²) in [6.45, 7) is 0. The van der Waals surface area contributed by atoms with Crippen LogP contribution in [0, 0.1) is 5.92 Å². The smallest absolute Gasteiger partial charge is 0.166 e. The van der Waals surface area contributed by atoms with E-state index in [0.29, 0.717) is 11.3 Å². The summed E-state index contributed by atoms with van der Waals surface area (Å²) in [6.07, 6.45) is 1.63. The second kappa shape index (κ2) is 5.81. The molecule has 2 aromatic rings. The van der Waals surface area contributed by atoms with Crippen LogP contribution in [0.15, 0.2) is 24.3 Å². The highest BCUT2D eigenvalue weighted by molar-refractivity contribution is 7.19. The lowest BCUT2D eigenvalue weighted by Gasteiger charge is -2.25. The molecule has 3 rings (SSSR count). The fourth-order valence-electron chi connectivity index (χ4n) is 3.04. The van der Waals surface area contributed by atoms with Gasteiger partial charge in [-0.3, -0.25) is 0 Å². The average molecular weight is 333 g/mol. The van der Waals surface area contributed by atoms with Gasteiger partial charge in [0, 0.05) is 9.58 Å². The minimum atomic E-state index is -4.29. The van der Waals surface area contributed by atoms with Gasteiger partial charge in [-0.2, -0.15) is 13.2 Å². The first-order valence-corrected chi connectivity index (χ1v) is 8.45. The van der Waals surface area contributed by atoms with Crippen LogP contribution in [0.5, 0.6) is 0 Å². The van der Waals surface area contributed by atoms with Crippen molar-refractivity contribution >= 4 is 33.0 Å². The lowest BCUT2D eigenvalue weighted by atomic mass is 9.86. The third-order valence-electron chi connectivity index (χ3n) is 4.20. The molecule has 0 saturated heterocycles. The predicted octanol–water partition coefficient (Wildman–Crippen LogP) is 6.78. The fourth-order valence-corrected chi connectivity index (χ4v) is 4.60. The zero-order valence-corrected chi connectivity index (χ0v) is 13.0. The van der Waals surface area contributed by atoms with Gasteiger partial charge in [0.05, 0.1) is 10.9 Å². The summed E-state index contributed by atoms with van der Waals surface area (Å²) >= 11 is 8.09. The number of rotatable bonds is 2. The molecule has 1 atom stereocenters. The Morgan fingerprint density at radius 3 is 2.48 bits per heavy atom. The van der Waals surface area contributed by atoms with Crippen molar-refractivity contribution < 1.29 is 13.2 Å². The number of hydrogen-bond donors (Lipinski definition) is 0. The number of benzene rings is 1. The molecule has 21 heavy (non-hydrogen) atoms. The van der Waals surface area contributed by atoms with Crippen molar-refractivity contribution in [3.63, 3.8) is 0 Å². The number of hydrogen-bond acceptors (Lipinski definition) is 1. The number of thiophene rings is 1. The van der Waals surface area contributed by atoms with Crippen LogP contribution < -0.4 is 0 Å². The molecule has 1 aromatic heterocycles. The molecule has 1 aliphatic carbocycles. The molecule has 0 radical (unpaired) electrons. The highest BCUT2D eigenvalue weighted by atomic mass is 35.5. The van der Waals surface area contributed by atoms with Crippen molar-refractivity contribution in [1.29, 1.82) is 0 Å². The molecule has 1 aliphatic rings. The molecule has 0 N–H and O–H groups in total. The first-order valence-electron chi connectivity index (χ1n) is 7.20. The Balaban J connectivity index is 1.89. The van der Waals surface area contributed by atoms with Gasteiger partial charge in [0.15, 0.2) is 0 Å². The van der Waals surface area contributed by atoms with Crippen LogP contribution in [0.3, 0.4) is 0 Å². The van der Waals surface area contributed by atoms with Gasteiger partial charge in [0.2, 0.25) is 0 Å². The van der Waals surface area contributed by atoms with E-state index >= 15 is 0 Å². The SMILES string of the molecule is FC(F)(F)c1ccc2sc(C(Cl)C3CCCCC3)cc2c1. The zero-order valence-electron chi connectivity index (χ0n) is 11.4. The fraction of sp³-hybridized carbons (Fsp3) is 0.500. The monoisotopic (exact) mass is 332 g/mol. The lowest BCUT2D eigenvalue weighted by Crippen LogP contribution is -2.11. The van der Waals surface area contributed by atoms with E-state index in [-0.39, 0.29) is 5.38 Å². The molecule has 1 heterocycles. The van der Waals surface area contributed by atoms with Crippen molar-refractivity contribution in [3.8, 4) is 0 Å². The summed E-state index contributed by atoms with van der Waals surface area (Å²) < 4.78 is 39.1. The summed E-state index contributed by atoms with van der Waals surface area (Å²) in [6, 6.07) is 5.75. The first kappa shape index (κ1) is 15.2. The molecule has 0 nitrogen and oxygen atoms in total. The molecular weight excluding hydrogens is 317 g/mol. The van der Waals surface area contributed by atoms with E-state index in [1.807, 2.05) is 6.07 Å². The third-order valence-corrected chi connectivity index (χ3v) is 6.12. The predicted molar refractivity (Wildman–Crippen MR) is 82.0 cm³/mol. The van der Waals surface area contributed by atoms with Gasteiger partial charge >= 0.3 is 6.18 Å². The number of fused-ring (bicyclic) bond motifs is 1. The summed E-state index contributed by atoms with van der Waals surface area (Å²) in [4.78, 5) is 0.998. The standard InChI is InChI=1S/C16H16ClF3S/c17-15(10-4-2-1-3-5-10)14-9-11-8-12(16(18,19)20)6-7-13(11)21-14/h6-10,15H,1-5H2. The van der Waals surface area contributed by atoms with Crippen LogP contribution in [0.25, 0.3) is 10.1 Å². The molecule has 5 heteroatoms. The minimum Gasteiger partial charge on any atom is -0.166 e. The van der Waals surface area contributed by atoms with E-state index in [2.05, 4.69) is 0 Å². The van der Waals surface area contributed by atoms with Crippen LogP contribution in [-0.2, 0) is 6.18 Å². The van der Waals surface area contributed by atoms with Gasteiger partial charge in [-0.15, -0.1) is 22.9 Å². The maximum atomic E-state index is 12.7. The van der Waals surface area contributed by atoms with Gasteiger partial charge in [0.1, 0.15) is 0 Å². The second-order valence-electron chi connectivity index (χ2n) is 5.70. The average Bonchev–Trinajstić information content (AvgIpc) is 2.89. The van der Waals surface area contributed by atoms with Crippen LogP contribution in [0.1, 0.15) is 47.9 Å². The van der Waals surface area contributed by atoms with Crippen molar-refractivity contribution in [1.82, 2.24) is 0 Å². The molecule has 1 aromatic carbocycles. The highest BCUT2D eigenvalue weighted by Crippen LogP contribution is 2.43. The van der Waals surface area contributed by atoms with Crippen LogP contribution >= 0.6 is 22.9 Å². The molecule has 1 saturated carbocycles. The molecule has 0 aliphatic heterocycles. The quantitative estimate of drug-likeness (QED) is 0.532. The number of alkyl halides is 4. The van der Waals surface area contributed by atoms with Crippen molar-refractivity contribution in [3.05, 3.63) is 34.7 Å². The summed E-state index contributed by atoms with van der Waals surface area (Å²) in [7, 11) is 0. The van der Waals surface area contributed by atoms with E-state index in [4.69, 9.17) is 11.6 Å². The minimum absolute atomic E-state index is 0.0722. The third kappa shape index (κ3) is 3.21. The maximum Gasteiger partial charge on any atom is 0.416 e. The normalized spacial score (nSPS) is 19.0. The van der Waals surface area contributed by atoms with Gasteiger partial charge < -0.3 is 0 Å². The van der Waals surface area contributed by atoms with Crippen LogP contribution in [0.4, 0.5) is 13.2 Å². The zero-order chi connectivity index (χ0) is 15.0. The molecule has 0 bridgehead atoms. The Bertz CT molecular complexity index is 626. The Morgan fingerprint density at radius 1 is 1.10 bits per heavy atom. The molecule has 1 fully saturated rings. The highest BCUT2D eigenvalue weighted by Gasteiger charge is 2.31. The van der Waals surface area contributed by atoms with E-state index in [0.717, 1.165) is 28.5 Å². The topological polar surface area (TPSA) is 0 Å².